The normalized spacial score (nSPS) is 14.3. The standard InChI is InChI=1S/C19H15F3N2O2S.CH5N/c20-19(21,22)12-4-5-16-15(6-12)17(27)10-24(16)14-3-1-2-13(7-14)23-8-11(9-23)18(25)26;1-2/h1-7,10-11,27H,8-9H2,(H,25,26);2H2,1H3. The summed E-state index contributed by atoms with van der Waals surface area (Å²) >= 11 is 4.33. The minimum absolute atomic E-state index is 0.370. The Morgan fingerprint density at radius 1 is 1.14 bits per heavy atom. The molecule has 0 radical (unpaired) electrons. The molecule has 29 heavy (non-hydrogen) atoms. The summed E-state index contributed by atoms with van der Waals surface area (Å²) in [6.07, 6.45) is -2.72. The molecular formula is C20H20F3N3O2S. The van der Waals surface area contributed by atoms with Gasteiger partial charge in [-0.05, 0) is 43.4 Å². The fraction of sp³-hybridized carbons (Fsp3) is 0.250. The van der Waals surface area contributed by atoms with Gasteiger partial charge >= 0.3 is 12.1 Å². The predicted octanol–water partition coefficient (Wildman–Crippen LogP) is 4.03. The lowest BCUT2D eigenvalue weighted by Gasteiger charge is -2.38. The Kier molecular flexibility index (Phi) is 5.81. The van der Waals surface area contributed by atoms with Crippen molar-refractivity contribution in [2.24, 2.45) is 11.7 Å². The molecule has 0 aliphatic carbocycles. The van der Waals surface area contributed by atoms with Gasteiger partial charge in [0.25, 0.3) is 0 Å². The maximum absolute atomic E-state index is 13.0. The Bertz CT molecular complexity index is 1040. The van der Waals surface area contributed by atoms with E-state index in [0.29, 0.717) is 28.9 Å². The molecular weight excluding hydrogens is 403 g/mol. The first-order chi connectivity index (χ1) is 13.7. The van der Waals surface area contributed by atoms with E-state index in [1.807, 2.05) is 29.2 Å². The number of carbonyl (C=O) groups is 1. The molecule has 0 spiro atoms. The van der Waals surface area contributed by atoms with Gasteiger partial charge in [0, 0.05) is 40.9 Å². The number of thiol groups is 1. The van der Waals surface area contributed by atoms with Crippen molar-refractivity contribution >= 4 is 35.2 Å². The molecule has 1 aliphatic rings. The number of anilines is 1. The number of carboxylic acid groups (broad SMARTS) is 1. The molecule has 0 saturated carbocycles. The van der Waals surface area contributed by atoms with Crippen LogP contribution in [0.5, 0.6) is 0 Å². The number of carboxylic acids is 1. The highest BCUT2D eigenvalue weighted by Gasteiger charge is 2.33. The van der Waals surface area contributed by atoms with Crippen molar-refractivity contribution in [2.75, 3.05) is 25.0 Å². The van der Waals surface area contributed by atoms with Crippen molar-refractivity contribution in [3.05, 3.63) is 54.2 Å². The minimum atomic E-state index is -4.41. The number of hydrogen-bond donors (Lipinski definition) is 3. The van der Waals surface area contributed by atoms with Gasteiger partial charge in [0.2, 0.25) is 0 Å². The van der Waals surface area contributed by atoms with Crippen LogP contribution in [-0.4, -0.2) is 35.8 Å². The van der Waals surface area contributed by atoms with Gasteiger partial charge in [-0.3, -0.25) is 4.79 Å². The van der Waals surface area contributed by atoms with E-state index >= 15 is 0 Å². The van der Waals surface area contributed by atoms with Crippen LogP contribution in [0.1, 0.15) is 5.56 Å². The number of alkyl halides is 3. The maximum Gasteiger partial charge on any atom is 0.416 e. The van der Waals surface area contributed by atoms with Crippen LogP contribution in [0, 0.1) is 5.92 Å². The first kappa shape index (κ1) is 21.1. The zero-order chi connectivity index (χ0) is 21.3. The van der Waals surface area contributed by atoms with E-state index in [4.69, 9.17) is 5.11 Å². The summed E-state index contributed by atoms with van der Waals surface area (Å²) in [5.41, 5.74) is 6.06. The second-order valence-electron chi connectivity index (χ2n) is 6.57. The summed E-state index contributed by atoms with van der Waals surface area (Å²) in [7, 11) is 1.50. The SMILES string of the molecule is CN.O=C(O)C1CN(c2cccc(-n3cc(S)c4cc(C(F)(F)F)ccc43)c2)C1. The number of rotatable bonds is 3. The fourth-order valence-electron chi connectivity index (χ4n) is 3.29. The van der Waals surface area contributed by atoms with Gasteiger partial charge in [0.05, 0.1) is 17.0 Å². The second kappa shape index (κ2) is 8.00. The van der Waals surface area contributed by atoms with Gasteiger partial charge in [-0.1, -0.05) is 6.07 Å². The molecule has 5 nitrogen and oxygen atoms in total. The van der Waals surface area contributed by atoms with E-state index in [-0.39, 0.29) is 5.92 Å². The first-order valence-corrected chi connectivity index (χ1v) is 9.26. The Morgan fingerprint density at radius 2 is 1.79 bits per heavy atom. The highest BCUT2D eigenvalue weighted by Crippen LogP contribution is 2.35. The smallest absolute Gasteiger partial charge is 0.416 e. The van der Waals surface area contributed by atoms with Crippen LogP contribution in [-0.2, 0) is 11.0 Å². The average molecular weight is 423 g/mol. The van der Waals surface area contributed by atoms with Gasteiger partial charge in [-0.2, -0.15) is 13.2 Å². The highest BCUT2D eigenvalue weighted by molar-refractivity contribution is 7.80. The zero-order valence-electron chi connectivity index (χ0n) is 15.5. The van der Waals surface area contributed by atoms with Crippen LogP contribution in [0.3, 0.4) is 0 Å². The minimum Gasteiger partial charge on any atom is -0.481 e. The lowest BCUT2D eigenvalue weighted by Crippen LogP contribution is -2.50. The molecule has 1 saturated heterocycles. The summed E-state index contributed by atoms with van der Waals surface area (Å²) in [5.74, 6) is -1.18. The van der Waals surface area contributed by atoms with E-state index in [2.05, 4.69) is 18.4 Å². The van der Waals surface area contributed by atoms with Crippen molar-refractivity contribution in [1.29, 1.82) is 0 Å². The molecule has 1 fully saturated rings. The lowest BCUT2D eigenvalue weighted by atomic mass is 9.99. The monoisotopic (exact) mass is 423 g/mol. The largest absolute Gasteiger partial charge is 0.481 e. The van der Waals surface area contributed by atoms with E-state index in [1.165, 1.54) is 13.1 Å². The van der Waals surface area contributed by atoms with Crippen molar-refractivity contribution in [3.8, 4) is 5.69 Å². The van der Waals surface area contributed by atoms with Crippen LogP contribution in [0.4, 0.5) is 18.9 Å². The molecule has 1 aromatic heterocycles. The van der Waals surface area contributed by atoms with Crippen LogP contribution >= 0.6 is 12.6 Å². The van der Waals surface area contributed by atoms with E-state index < -0.39 is 17.7 Å². The van der Waals surface area contributed by atoms with Crippen LogP contribution in [0.15, 0.2) is 53.6 Å². The Hall–Kier alpha value is -2.65. The Balaban J connectivity index is 0.00000117. The van der Waals surface area contributed by atoms with Gasteiger partial charge in [0.15, 0.2) is 0 Å². The van der Waals surface area contributed by atoms with Gasteiger partial charge in [-0.25, -0.2) is 0 Å². The molecule has 0 bridgehead atoms. The Labute approximate surface area is 170 Å². The topological polar surface area (TPSA) is 71.5 Å². The molecule has 0 amide bonds. The number of halogens is 3. The van der Waals surface area contributed by atoms with Gasteiger partial charge in [0.1, 0.15) is 0 Å². The first-order valence-electron chi connectivity index (χ1n) is 8.81. The summed E-state index contributed by atoms with van der Waals surface area (Å²) in [5, 5.41) is 9.44. The van der Waals surface area contributed by atoms with Gasteiger partial charge < -0.3 is 20.3 Å². The second-order valence-corrected chi connectivity index (χ2v) is 7.06. The molecule has 0 unspecified atom stereocenters. The molecule has 9 heteroatoms. The number of hydrogen-bond acceptors (Lipinski definition) is 4. The Morgan fingerprint density at radius 3 is 2.41 bits per heavy atom. The molecule has 1 aliphatic heterocycles. The number of fused-ring (bicyclic) bond motifs is 1. The molecule has 3 N–H and O–H groups in total. The molecule has 3 aromatic rings. The van der Waals surface area contributed by atoms with Crippen LogP contribution in [0.2, 0.25) is 0 Å². The molecule has 154 valence electrons. The van der Waals surface area contributed by atoms with E-state index in [1.54, 1.807) is 10.8 Å². The lowest BCUT2D eigenvalue weighted by molar-refractivity contribution is -0.142. The number of aromatic nitrogens is 1. The predicted molar refractivity (Wildman–Crippen MR) is 109 cm³/mol. The van der Waals surface area contributed by atoms with Crippen molar-refractivity contribution in [3.63, 3.8) is 0 Å². The van der Waals surface area contributed by atoms with E-state index in [0.717, 1.165) is 23.5 Å². The summed E-state index contributed by atoms with van der Waals surface area (Å²) in [6, 6.07) is 11.1. The zero-order valence-corrected chi connectivity index (χ0v) is 16.4. The third-order valence-corrected chi connectivity index (χ3v) is 5.17. The summed E-state index contributed by atoms with van der Waals surface area (Å²) in [6.45, 7) is 0.885. The summed E-state index contributed by atoms with van der Waals surface area (Å²) < 4.78 is 40.7. The van der Waals surface area contributed by atoms with Crippen molar-refractivity contribution < 1.29 is 23.1 Å². The molecule has 2 aromatic carbocycles. The number of aliphatic carboxylic acids is 1. The molecule has 0 atom stereocenters. The molecule has 4 rings (SSSR count). The van der Waals surface area contributed by atoms with Crippen molar-refractivity contribution in [1.82, 2.24) is 4.57 Å². The maximum atomic E-state index is 13.0. The fourth-order valence-corrected chi connectivity index (χ4v) is 3.58. The number of nitrogens with zero attached hydrogens (tertiary/aromatic N) is 2. The van der Waals surface area contributed by atoms with E-state index in [9.17, 15) is 18.0 Å². The van der Waals surface area contributed by atoms with Crippen LogP contribution < -0.4 is 10.6 Å². The third kappa shape index (κ3) is 4.06. The molecule has 2 heterocycles. The number of nitrogens with two attached hydrogens (primary N) is 1. The van der Waals surface area contributed by atoms with Crippen molar-refractivity contribution in [2.45, 2.75) is 11.1 Å². The quantitative estimate of drug-likeness (QED) is 0.556. The third-order valence-electron chi connectivity index (χ3n) is 4.81. The highest BCUT2D eigenvalue weighted by atomic mass is 32.1. The number of benzene rings is 2. The van der Waals surface area contributed by atoms with Gasteiger partial charge in [-0.15, -0.1) is 12.6 Å². The van der Waals surface area contributed by atoms with Crippen LogP contribution in [0.25, 0.3) is 16.6 Å². The summed E-state index contributed by atoms with van der Waals surface area (Å²) in [4.78, 5) is 13.4. The average Bonchev–Trinajstić information content (AvgIpc) is 2.98.